The Morgan fingerprint density at radius 1 is 1.05 bits per heavy atom. The second-order valence-electron chi connectivity index (χ2n) is 9.25. The van der Waals surface area contributed by atoms with Crippen molar-refractivity contribution in [1.29, 1.82) is 0 Å². The van der Waals surface area contributed by atoms with Crippen molar-refractivity contribution in [3.8, 4) is 5.75 Å². The van der Waals surface area contributed by atoms with Gasteiger partial charge in [-0.1, -0.05) is 25.5 Å². The molecule has 3 atom stereocenters. The predicted molar refractivity (Wildman–Crippen MR) is 141 cm³/mol. The van der Waals surface area contributed by atoms with Gasteiger partial charge in [0.15, 0.2) is 0 Å². The smallest absolute Gasteiger partial charge is 0.328 e. The number of benzene rings is 2. The van der Waals surface area contributed by atoms with E-state index in [0.29, 0.717) is 43.6 Å². The Kier molecular flexibility index (Phi) is 10.8. The van der Waals surface area contributed by atoms with Gasteiger partial charge in [0, 0.05) is 0 Å². The fourth-order valence-corrected chi connectivity index (χ4v) is 5.34. The largest absolute Gasteiger partial charge is 0.494 e. The number of hydrogen-bond donors (Lipinski definition) is 3. The molecule has 2 heterocycles. The van der Waals surface area contributed by atoms with Crippen LogP contribution >= 0.6 is 0 Å². The van der Waals surface area contributed by atoms with Crippen molar-refractivity contribution < 1.29 is 36.7 Å². The lowest BCUT2D eigenvalue weighted by Gasteiger charge is -2.25. The molecule has 0 radical (unpaired) electrons. The summed E-state index contributed by atoms with van der Waals surface area (Å²) in [6.45, 7) is 2.22. The first-order valence-corrected chi connectivity index (χ1v) is 14.3. The Balaban J connectivity index is 1.93. The predicted octanol–water partition coefficient (Wildman–Crippen LogP) is 2.22. The van der Waals surface area contributed by atoms with E-state index in [-0.39, 0.29) is 17.7 Å². The van der Waals surface area contributed by atoms with Crippen LogP contribution in [0, 0.1) is 5.82 Å². The molecule has 10 nitrogen and oxygen atoms in total. The Bertz CT molecular complexity index is 1240. The molecule has 4 rings (SSSR count). The molecule has 39 heavy (non-hydrogen) atoms. The van der Waals surface area contributed by atoms with Gasteiger partial charge < -0.3 is 20.1 Å². The zero-order valence-corrected chi connectivity index (χ0v) is 22.8. The van der Waals surface area contributed by atoms with Gasteiger partial charge in [-0.25, -0.2) is 17.6 Å². The van der Waals surface area contributed by atoms with Crippen molar-refractivity contribution in [1.82, 2.24) is 15.4 Å². The van der Waals surface area contributed by atoms with Crippen LogP contribution in [-0.2, 0) is 35.6 Å². The molecule has 0 unspecified atom stereocenters. The van der Waals surface area contributed by atoms with E-state index in [1.807, 2.05) is 6.92 Å². The van der Waals surface area contributed by atoms with Gasteiger partial charge in [-0.15, -0.1) is 0 Å². The molecule has 2 aromatic rings. The van der Waals surface area contributed by atoms with Crippen LogP contribution in [0.15, 0.2) is 53.4 Å². The standard InChI is InChI=1S/C27H34FN3O7S/c1-3-6-22-25(32)30-23(27(34)37-2)7-4-5-16-38-20-12-8-18(9-13-20)17-24(26(33)29-22)31-39(35,36)21-14-10-19(28)11-15-21/h8-15,22-24,31H,3-7,16-17H2,1-2H3,(H,29,33)(H,30,32)/t22-,23-,24-/m0/s1. The number of ether oxygens (including phenoxy) is 2. The normalized spacial score (nSPS) is 21.3. The number of carbonyl (C=O) groups is 3. The molecule has 0 aromatic heterocycles. The van der Waals surface area contributed by atoms with E-state index in [0.717, 1.165) is 24.3 Å². The maximum absolute atomic E-state index is 13.4. The maximum atomic E-state index is 13.4. The minimum atomic E-state index is -4.22. The van der Waals surface area contributed by atoms with E-state index in [9.17, 15) is 27.2 Å². The third-order valence-corrected chi connectivity index (χ3v) is 7.76. The van der Waals surface area contributed by atoms with Crippen molar-refractivity contribution in [2.45, 2.75) is 68.5 Å². The van der Waals surface area contributed by atoms with Crippen LogP contribution in [-0.4, -0.2) is 58.0 Å². The summed E-state index contributed by atoms with van der Waals surface area (Å²) < 4.78 is 52.5. The SMILES string of the molecule is CCC[C@@H]1NC(=O)[C@@H](NS(=O)(=O)c2ccc(F)cc2)Cc2ccc(cc2)OCCCC[C@@H](C(=O)OC)NC1=O. The lowest BCUT2D eigenvalue weighted by molar-refractivity contribution is -0.145. The minimum absolute atomic E-state index is 0.0300. The van der Waals surface area contributed by atoms with Crippen LogP contribution in [0.25, 0.3) is 0 Å². The number of amides is 2. The fourth-order valence-electron chi connectivity index (χ4n) is 4.15. The molecule has 0 saturated carbocycles. The summed E-state index contributed by atoms with van der Waals surface area (Å²) in [6.07, 6.45) is 2.28. The molecule has 2 aliphatic rings. The molecule has 2 aliphatic heterocycles. The number of halogens is 1. The van der Waals surface area contributed by atoms with Crippen molar-refractivity contribution in [2.24, 2.45) is 0 Å². The molecule has 0 aliphatic carbocycles. The highest BCUT2D eigenvalue weighted by molar-refractivity contribution is 7.89. The van der Waals surface area contributed by atoms with Gasteiger partial charge in [0.25, 0.3) is 0 Å². The summed E-state index contributed by atoms with van der Waals surface area (Å²) in [5, 5.41) is 5.31. The highest BCUT2D eigenvalue weighted by Gasteiger charge is 2.31. The zero-order chi connectivity index (χ0) is 28.4. The second-order valence-corrected chi connectivity index (χ2v) is 11.0. The number of nitrogens with one attached hydrogen (secondary N) is 3. The van der Waals surface area contributed by atoms with Gasteiger partial charge in [0.2, 0.25) is 21.8 Å². The van der Waals surface area contributed by atoms with Crippen LogP contribution < -0.4 is 20.1 Å². The van der Waals surface area contributed by atoms with E-state index in [1.54, 1.807) is 24.3 Å². The second kappa shape index (κ2) is 14.0. The number of esters is 1. The summed E-state index contributed by atoms with van der Waals surface area (Å²) in [7, 11) is -2.99. The molecule has 3 N–H and O–H groups in total. The number of methoxy groups -OCH3 is 1. The number of sulfonamides is 1. The highest BCUT2D eigenvalue weighted by Crippen LogP contribution is 2.17. The molecular formula is C27H34FN3O7S. The third-order valence-electron chi connectivity index (χ3n) is 6.27. The first kappa shape index (κ1) is 30.0. The summed E-state index contributed by atoms with van der Waals surface area (Å²) in [5.74, 6) is -1.92. The van der Waals surface area contributed by atoms with E-state index in [2.05, 4.69) is 15.4 Å². The Hall–Kier alpha value is -3.51. The lowest BCUT2D eigenvalue weighted by Crippen LogP contribution is -2.56. The quantitative estimate of drug-likeness (QED) is 0.458. The van der Waals surface area contributed by atoms with Crippen LogP contribution in [0.4, 0.5) is 4.39 Å². The van der Waals surface area contributed by atoms with E-state index >= 15 is 0 Å². The van der Waals surface area contributed by atoms with Gasteiger partial charge in [-0.3, -0.25) is 9.59 Å². The Morgan fingerprint density at radius 2 is 1.74 bits per heavy atom. The monoisotopic (exact) mass is 563 g/mol. The Labute approximate surface area is 227 Å². The van der Waals surface area contributed by atoms with Gasteiger partial charge in [-0.05, 0) is 74.1 Å². The minimum Gasteiger partial charge on any atom is -0.494 e. The Morgan fingerprint density at radius 3 is 2.38 bits per heavy atom. The molecule has 0 fully saturated rings. The first-order chi connectivity index (χ1) is 18.6. The average Bonchev–Trinajstić information content (AvgIpc) is 2.91. The summed E-state index contributed by atoms with van der Waals surface area (Å²) in [5.41, 5.74) is 0.649. The first-order valence-electron chi connectivity index (χ1n) is 12.8. The van der Waals surface area contributed by atoms with E-state index in [4.69, 9.17) is 9.47 Å². The third kappa shape index (κ3) is 8.75. The van der Waals surface area contributed by atoms with Crippen LogP contribution in [0.5, 0.6) is 5.75 Å². The van der Waals surface area contributed by atoms with Crippen LogP contribution in [0.3, 0.4) is 0 Å². The molecule has 0 saturated heterocycles. The molecule has 0 spiro atoms. The van der Waals surface area contributed by atoms with E-state index < -0.39 is 51.7 Å². The maximum Gasteiger partial charge on any atom is 0.328 e. The molecule has 2 amide bonds. The van der Waals surface area contributed by atoms with Crippen molar-refractivity contribution in [2.75, 3.05) is 13.7 Å². The number of rotatable bonds is 6. The number of carbonyl (C=O) groups excluding carboxylic acids is 3. The van der Waals surface area contributed by atoms with Gasteiger partial charge in [0.05, 0.1) is 18.6 Å². The van der Waals surface area contributed by atoms with Crippen molar-refractivity contribution in [3.05, 3.63) is 59.9 Å². The fraction of sp³-hybridized carbons (Fsp3) is 0.444. The van der Waals surface area contributed by atoms with Crippen molar-refractivity contribution in [3.63, 3.8) is 0 Å². The van der Waals surface area contributed by atoms with Gasteiger partial charge in [-0.2, -0.15) is 4.72 Å². The van der Waals surface area contributed by atoms with Gasteiger partial charge >= 0.3 is 5.97 Å². The summed E-state index contributed by atoms with van der Waals surface area (Å²) in [4.78, 5) is 38.7. The van der Waals surface area contributed by atoms with Crippen molar-refractivity contribution >= 4 is 27.8 Å². The summed E-state index contributed by atoms with van der Waals surface area (Å²) >= 11 is 0. The average molecular weight is 564 g/mol. The van der Waals surface area contributed by atoms with E-state index in [1.165, 1.54) is 7.11 Å². The molecular weight excluding hydrogens is 529 g/mol. The molecule has 12 heteroatoms. The topological polar surface area (TPSA) is 140 Å². The molecule has 2 aromatic carbocycles. The zero-order valence-electron chi connectivity index (χ0n) is 21.9. The summed E-state index contributed by atoms with van der Waals surface area (Å²) in [6, 6.07) is 7.87. The number of fused-ring (bicyclic) bond motifs is 14. The molecule has 2 bridgehead atoms. The molecule has 212 valence electrons. The number of hydrogen-bond acceptors (Lipinski definition) is 7. The van der Waals surface area contributed by atoms with Crippen LogP contribution in [0.2, 0.25) is 0 Å². The van der Waals surface area contributed by atoms with Crippen LogP contribution in [0.1, 0.15) is 44.6 Å². The highest BCUT2D eigenvalue weighted by atomic mass is 32.2. The van der Waals surface area contributed by atoms with Gasteiger partial charge in [0.1, 0.15) is 29.7 Å². The lowest BCUT2D eigenvalue weighted by atomic mass is 10.0.